The predicted molar refractivity (Wildman–Crippen MR) is 101 cm³/mol. The number of carbonyl (C=O) groups excluding carboxylic acids is 2. The average molecular weight is 352 g/mol. The first-order valence-electron chi connectivity index (χ1n) is 9.76. The van der Waals surface area contributed by atoms with Crippen molar-refractivity contribution < 1.29 is 14.7 Å². The van der Waals surface area contributed by atoms with Crippen LogP contribution in [0.15, 0.2) is 48.1 Å². The number of hydrogen-bond donors (Lipinski definition) is 1. The molecule has 4 aliphatic carbocycles. The molecule has 0 aromatic rings. The molecule has 0 aliphatic heterocycles. The van der Waals surface area contributed by atoms with Crippen molar-refractivity contribution in [2.45, 2.75) is 39.5 Å². The maximum Gasteiger partial charge on any atom is 0.178 e. The van der Waals surface area contributed by atoms with Gasteiger partial charge in [0.25, 0.3) is 0 Å². The third-order valence-corrected chi connectivity index (χ3v) is 7.85. The molecule has 0 amide bonds. The van der Waals surface area contributed by atoms with Crippen LogP contribution in [0.5, 0.6) is 0 Å². The Bertz CT molecular complexity index is 770. The highest BCUT2D eigenvalue weighted by Crippen LogP contribution is 2.65. The van der Waals surface area contributed by atoms with E-state index in [0.717, 1.165) is 25.7 Å². The van der Waals surface area contributed by atoms with Crippen LogP contribution in [0.2, 0.25) is 0 Å². The Balaban J connectivity index is 1.76. The van der Waals surface area contributed by atoms with Gasteiger partial charge in [0.05, 0.1) is 0 Å². The average Bonchev–Trinajstić information content (AvgIpc) is 2.94. The molecule has 138 valence electrons. The molecule has 3 heteroatoms. The molecule has 0 aromatic carbocycles. The molecule has 0 aromatic heterocycles. The number of aliphatic hydroxyl groups is 1. The van der Waals surface area contributed by atoms with Gasteiger partial charge in [-0.25, -0.2) is 0 Å². The van der Waals surface area contributed by atoms with Gasteiger partial charge in [0, 0.05) is 11.3 Å². The van der Waals surface area contributed by atoms with Gasteiger partial charge in [0.2, 0.25) is 0 Å². The SMILES string of the molecule is C=C[C@@H]1CC2C3CCC4=CC(=O)C=C[C@]4(C)C3=CC[C@]2(C)[C@H]1C(=O)CO. The molecule has 0 spiro atoms. The Morgan fingerprint density at radius 3 is 2.88 bits per heavy atom. The largest absolute Gasteiger partial charge is 0.389 e. The van der Waals surface area contributed by atoms with Crippen LogP contribution in [0, 0.1) is 34.5 Å². The standard InChI is InChI=1S/C23H28O3/c1-4-14-11-19-17-6-5-15-12-16(25)7-9-22(15,2)18(17)8-10-23(19,3)21(14)20(26)13-24/h4,7-9,12,14,17,19,21,24H,1,5-6,10-11,13H2,2-3H3/t14-,17?,19?,21-,22+,23+/m1/s1. The maximum absolute atomic E-state index is 12.6. The Morgan fingerprint density at radius 1 is 1.42 bits per heavy atom. The van der Waals surface area contributed by atoms with Crippen molar-refractivity contribution in [3.63, 3.8) is 0 Å². The molecule has 4 aliphatic rings. The van der Waals surface area contributed by atoms with E-state index < -0.39 is 0 Å². The second-order valence-electron chi connectivity index (χ2n) is 8.97. The smallest absolute Gasteiger partial charge is 0.178 e. The van der Waals surface area contributed by atoms with E-state index in [1.807, 2.05) is 12.2 Å². The van der Waals surface area contributed by atoms with Crippen LogP contribution in [-0.4, -0.2) is 23.3 Å². The molecule has 0 heterocycles. The van der Waals surface area contributed by atoms with Gasteiger partial charge >= 0.3 is 0 Å². The van der Waals surface area contributed by atoms with E-state index in [1.165, 1.54) is 11.1 Å². The van der Waals surface area contributed by atoms with Gasteiger partial charge in [-0.15, -0.1) is 6.58 Å². The van der Waals surface area contributed by atoms with Crippen LogP contribution in [-0.2, 0) is 9.59 Å². The van der Waals surface area contributed by atoms with Gasteiger partial charge in [0.15, 0.2) is 11.6 Å². The molecule has 0 radical (unpaired) electrons. The van der Waals surface area contributed by atoms with Crippen LogP contribution in [0.1, 0.15) is 39.5 Å². The summed E-state index contributed by atoms with van der Waals surface area (Å²) >= 11 is 0. The number of carbonyl (C=O) groups is 2. The lowest BCUT2D eigenvalue weighted by molar-refractivity contribution is -0.130. The number of ketones is 2. The minimum Gasteiger partial charge on any atom is -0.389 e. The molecular weight excluding hydrogens is 324 g/mol. The lowest BCUT2D eigenvalue weighted by atomic mass is 9.52. The summed E-state index contributed by atoms with van der Waals surface area (Å²) < 4.78 is 0. The number of Topliss-reactive ketones (excluding diaryl/α,β-unsaturated/α-hetero) is 1. The van der Waals surface area contributed by atoms with E-state index in [4.69, 9.17) is 0 Å². The molecule has 2 fully saturated rings. The fraction of sp³-hybridized carbons (Fsp3) is 0.565. The van der Waals surface area contributed by atoms with Crippen molar-refractivity contribution in [2.75, 3.05) is 6.61 Å². The van der Waals surface area contributed by atoms with E-state index in [-0.39, 0.29) is 40.8 Å². The fourth-order valence-corrected chi connectivity index (χ4v) is 6.56. The summed E-state index contributed by atoms with van der Waals surface area (Å²) in [7, 11) is 0. The monoisotopic (exact) mass is 352 g/mol. The minimum atomic E-state index is -0.381. The van der Waals surface area contributed by atoms with Gasteiger partial charge in [-0.3, -0.25) is 9.59 Å². The Hall–Kier alpha value is -1.74. The van der Waals surface area contributed by atoms with E-state index in [0.29, 0.717) is 11.8 Å². The van der Waals surface area contributed by atoms with Crippen LogP contribution in [0.25, 0.3) is 0 Å². The van der Waals surface area contributed by atoms with Crippen LogP contribution in [0.3, 0.4) is 0 Å². The summed E-state index contributed by atoms with van der Waals surface area (Å²) in [5.74, 6) is 0.927. The Morgan fingerprint density at radius 2 is 2.19 bits per heavy atom. The third-order valence-electron chi connectivity index (χ3n) is 7.85. The van der Waals surface area contributed by atoms with E-state index in [1.54, 1.807) is 6.08 Å². The highest BCUT2D eigenvalue weighted by Gasteiger charge is 2.59. The molecule has 3 nitrogen and oxygen atoms in total. The molecule has 6 atom stereocenters. The number of rotatable bonds is 3. The first-order valence-corrected chi connectivity index (χ1v) is 9.76. The molecule has 2 saturated carbocycles. The Kier molecular flexibility index (Phi) is 4.00. The Labute approximate surface area is 155 Å². The van der Waals surface area contributed by atoms with Gasteiger partial charge in [-0.1, -0.05) is 36.3 Å². The molecule has 4 rings (SSSR count). The summed E-state index contributed by atoms with van der Waals surface area (Å²) in [5, 5.41) is 9.52. The van der Waals surface area contributed by atoms with Gasteiger partial charge in [0.1, 0.15) is 6.61 Å². The van der Waals surface area contributed by atoms with E-state index in [9.17, 15) is 14.7 Å². The van der Waals surface area contributed by atoms with E-state index in [2.05, 4.69) is 32.6 Å². The van der Waals surface area contributed by atoms with Crippen LogP contribution < -0.4 is 0 Å². The van der Waals surface area contributed by atoms with Crippen molar-refractivity contribution in [3.05, 3.63) is 48.1 Å². The van der Waals surface area contributed by atoms with Crippen LogP contribution in [0.4, 0.5) is 0 Å². The maximum atomic E-state index is 12.6. The highest BCUT2D eigenvalue weighted by molar-refractivity contribution is 6.01. The second-order valence-corrected chi connectivity index (χ2v) is 8.97. The molecule has 0 bridgehead atoms. The lowest BCUT2D eigenvalue weighted by Crippen LogP contribution is -2.45. The summed E-state index contributed by atoms with van der Waals surface area (Å²) in [5.41, 5.74) is 2.40. The number of fused-ring (bicyclic) bond motifs is 5. The zero-order valence-corrected chi connectivity index (χ0v) is 15.7. The summed E-state index contributed by atoms with van der Waals surface area (Å²) in [6.45, 7) is 8.07. The number of hydrogen-bond acceptors (Lipinski definition) is 3. The highest BCUT2D eigenvalue weighted by atomic mass is 16.3. The molecule has 0 saturated heterocycles. The van der Waals surface area contributed by atoms with Crippen molar-refractivity contribution in [1.29, 1.82) is 0 Å². The van der Waals surface area contributed by atoms with Gasteiger partial charge in [-0.2, -0.15) is 0 Å². The van der Waals surface area contributed by atoms with Crippen LogP contribution >= 0.6 is 0 Å². The van der Waals surface area contributed by atoms with Crippen molar-refractivity contribution in [3.8, 4) is 0 Å². The minimum absolute atomic E-state index is 0.0393. The third kappa shape index (κ3) is 2.22. The molecule has 26 heavy (non-hydrogen) atoms. The lowest BCUT2D eigenvalue weighted by Gasteiger charge is -2.52. The number of aliphatic hydroxyl groups excluding tert-OH is 1. The zero-order chi connectivity index (χ0) is 18.7. The topological polar surface area (TPSA) is 54.4 Å². The zero-order valence-electron chi connectivity index (χ0n) is 15.7. The normalized spacial score (nSPS) is 43.7. The molecule has 1 N–H and O–H groups in total. The summed E-state index contributed by atoms with van der Waals surface area (Å²) in [6.07, 6.45) is 13.7. The first kappa shape index (κ1) is 17.7. The van der Waals surface area contributed by atoms with Crippen molar-refractivity contribution >= 4 is 11.6 Å². The summed E-state index contributed by atoms with van der Waals surface area (Å²) in [4.78, 5) is 24.4. The predicted octanol–water partition coefficient (Wildman–Crippen LogP) is 3.80. The van der Waals surface area contributed by atoms with E-state index >= 15 is 0 Å². The van der Waals surface area contributed by atoms with Gasteiger partial charge < -0.3 is 5.11 Å². The summed E-state index contributed by atoms with van der Waals surface area (Å²) in [6, 6.07) is 0. The number of allylic oxidation sites excluding steroid dienone is 7. The molecular formula is C23H28O3. The first-order chi connectivity index (χ1) is 12.3. The fourth-order valence-electron chi connectivity index (χ4n) is 6.56. The van der Waals surface area contributed by atoms with Crippen molar-refractivity contribution in [1.82, 2.24) is 0 Å². The van der Waals surface area contributed by atoms with Crippen molar-refractivity contribution in [2.24, 2.45) is 34.5 Å². The second kappa shape index (κ2) is 5.88. The van der Waals surface area contributed by atoms with Gasteiger partial charge in [-0.05, 0) is 67.9 Å². The quantitative estimate of drug-likeness (QED) is 0.786. The molecule has 2 unspecified atom stereocenters.